The molecule has 1 heterocycles. The van der Waals surface area contributed by atoms with E-state index in [-0.39, 0.29) is 12.6 Å². The van der Waals surface area contributed by atoms with E-state index in [0.29, 0.717) is 42.1 Å². The Morgan fingerprint density at radius 3 is 2.58 bits per heavy atom. The molecular weight excluding hydrogens is 356 g/mol. The van der Waals surface area contributed by atoms with Crippen LogP contribution in [0.15, 0.2) is 17.0 Å². The van der Waals surface area contributed by atoms with Crippen LogP contribution in [-0.4, -0.2) is 68.5 Å². The van der Waals surface area contributed by atoms with Crippen molar-refractivity contribution in [2.45, 2.75) is 44.0 Å². The monoisotopic (exact) mass is 384 g/mol. The van der Waals surface area contributed by atoms with Crippen molar-refractivity contribution >= 4 is 16.0 Å². The summed E-state index contributed by atoms with van der Waals surface area (Å²) < 4.78 is 33.1. The molecule has 0 spiro atoms. The van der Waals surface area contributed by atoms with Crippen molar-refractivity contribution in [1.82, 2.24) is 9.21 Å². The van der Waals surface area contributed by atoms with Crippen LogP contribution in [0.25, 0.3) is 0 Å². The molecule has 8 heteroatoms. The van der Waals surface area contributed by atoms with Gasteiger partial charge in [-0.25, -0.2) is 8.42 Å². The van der Waals surface area contributed by atoms with E-state index in [1.807, 2.05) is 6.92 Å². The summed E-state index contributed by atoms with van der Waals surface area (Å²) >= 11 is 0. The van der Waals surface area contributed by atoms with Gasteiger partial charge in [-0.3, -0.25) is 9.69 Å². The first-order valence-corrected chi connectivity index (χ1v) is 10.2. The van der Waals surface area contributed by atoms with E-state index in [0.717, 1.165) is 12.0 Å². The number of aryl methyl sites for hydroxylation is 2. The van der Waals surface area contributed by atoms with Gasteiger partial charge in [-0.05, 0) is 63.4 Å². The molecule has 1 N–H and O–H groups in total. The summed E-state index contributed by atoms with van der Waals surface area (Å²) in [6.45, 7) is 4.41. The van der Waals surface area contributed by atoms with Gasteiger partial charge in [0.15, 0.2) is 0 Å². The third-order valence-corrected chi connectivity index (χ3v) is 7.02. The van der Waals surface area contributed by atoms with Crippen LogP contribution in [0.2, 0.25) is 0 Å². The topological polar surface area (TPSA) is 87.2 Å². The lowest BCUT2D eigenvalue weighted by Gasteiger charge is -2.25. The van der Waals surface area contributed by atoms with Crippen molar-refractivity contribution < 1.29 is 23.1 Å². The van der Waals surface area contributed by atoms with Gasteiger partial charge in [-0.1, -0.05) is 0 Å². The first kappa shape index (κ1) is 20.7. The summed E-state index contributed by atoms with van der Waals surface area (Å²) in [4.78, 5) is 13.0. The van der Waals surface area contributed by atoms with Gasteiger partial charge >= 0.3 is 5.97 Å². The second-order valence-corrected chi connectivity index (χ2v) is 8.79. The molecule has 0 radical (unpaired) electrons. The highest BCUT2D eigenvalue weighted by Crippen LogP contribution is 2.29. The number of carboxylic acid groups (broad SMARTS) is 1. The molecule has 1 aliphatic rings. The van der Waals surface area contributed by atoms with Gasteiger partial charge in [-0.2, -0.15) is 4.31 Å². The van der Waals surface area contributed by atoms with E-state index in [1.54, 1.807) is 38.1 Å². The van der Waals surface area contributed by atoms with Crippen molar-refractivity contribution in [2.24, 2.45) is 0 Å². The maximum absolute atomic E-state index is 13.1. The summed E-state index contributed by atoms with van der Waals surface area (Å²) in [5, 5.41) is 8.96. The molecule has 0 aromatic heterocycles. The van der Waals surface area contributed by atoms with E-state index in [4.69, 9.17) is 9.84 Å². The SMILES string of the molecule is COc1cc(C)c(S(=O)(=O)N2CCCC(N(C)CC(=O)O)CC2)cc1C. The molecule has 1 saturated heterocycles. The smallest absolute Gasteiger partial charge is 0.317 e. The van der Waals surface area contributed by atoms with E-state index in [9.17, 15) is 13.2 Å². The number of hydrogen-bond acceptors (Lipinski definition) is 5. The first-order chi connectivity index (χ1) is 12.2. The Morgan fingerprint density at radius 1 is 1.27 bits per heavy atom. The van der Waals surface area contributed by atoms with Crippen LogP contribution in [-0.2, 0) is 14.8 Å². The molecule has 26 heavy (non-hydrogen) atoms. The fourth-order valence-corrected chi connectivity index (χ4v) is 5.26. The Labute approximate surface area is 155 Å². The summed E-state index contributed by atoms with van der Waals surface area (Å²) in [6.07, 6.45) is 2.12. The molecule has 1 aliphatic heterocycles. The van der Waals surface area contributed by atoms with Gasteiger partial charge in [-0.15, -0.1) is 0 Å². The number of hydrogen-bond donors (Lipinski definition) is 1. The Hall–Kier alpha value is -1.64. The van der Waals surface area contributed by atoms with Gasteiger partial charge in [0.05, 0.1) is 18.6 Å². The average Bonchev–Trinajstić information content (AvgIpc) is 2.82. The highest BCUT2D eigenvalue weighted by molar-refractivity contribution is 7.89. The van der Waals surface area contributed by atoms with E-state index < -0.39 is 16.0 Å². The number of carboxylic acids is 1. The van der Waals surface area contributed by atoms with Gasteiger partial charge < -0.3 is 9.84 Å². The van der Waals surface area contributed by atoms with Gasteiger partial charge in [0.1, 0.15) is 5.75 Å². The number of methoxy groups -OCH3 is 1. The molecule has 1 aromatic rings. The summed E-state index contributed by atoms with van der Waals surface area (Å²) in [6, 6.07) is 3.50. The Kier molecular flexibility index (Phi) is 6.65. The summed E-state index contributed by atoms with van der Waals surface area (Å²) in [7, 11) is -0.247. The third kappa shape index (κ3) is 4.55. The molecule has 1 atom stereocenters. The van der Waals surface area contributed by atoms with Crippen molar-refractivity contribution in [1.29, 1.82) is 0 Å². The minimum absolute atomic E-state index is 0.0335. The molecule has 1 fully saturated rings. The highest BCUT2D eigenvalue weighted by atomic mass is 32.2. The lowest BCUT2D eigenvalue weighted by Crippen LogP contribution is -2.37. The molecule has 0 aliphatic carbocycles. The van der Waals surface area contributed by atoms with Crippen LogP contribution >= 0.6 is 0 Å². The number of likely N-dealkylation sites (N-methyl/N-ethyl adjacent to an activating group) is 1. The standard InChI is InChI=1S/C18H28N2O5S/c1-13-11-17(14(2)10-16(13)25-4)26(23,24)20-8-5-6-15(7-9-20)19(3)12-18(21)22/h10-11,15H,5-9,12H2,1-4H3,(H,21,22). The molecule has 0 saturated carbocycles. The fraction of sp³-hybridized carbons (Fsp3) is 0.611. The molecule has 1 unspecified atom stereocenters. The Balaban J connectivity index is 2.20. The maximum atomic E-state index is 13.1. The predicted octanol–water partition coefficient (Wildman–Crippen LogP) is 1.87. The Bertz CT molecular complexity index is 763. The van der Waals surface area contributed by atoms with Crippen molar-refractivity contribution in [3.05, 3.63) is 23.3 Å². The molecular formula is C18H28N2O5S. The largest absolute Gasteiger partial charge is 0.496 e. The van der Waals surface area contributed by atoms with Crippen LogP contribution in [0.5, 0.6) is 5.75 Å². The third-order valence-electron chi connectivity index (χ3n) is 4.97. The van der Waals surface area contributed by atoms with Crippen LogP contribution < -0.4 is 4.74 Å². The summed E-state index contributed by atoms with van der Waals surface area (Å²) in [5.74, 6) is -0.196. The number of aliphatic carboxylic acids is 1. The van der Waals surface area contributed by atoms with Gasteiger partial charge in [0, 0.05) is 19.1 Å². The second-order valence-electron chi connectivity index (χ2n) is 6.88. The van der Waals surface area contributed by atoms with E-state index in [2.05, 4.69) is 0 Å². The number of sulfonamides is 1. The van der Waals surface area contributed by atoms with Crippen LogP contribution in [0, 0.1) is 13.8 Å². The summed E-state index contributed by atoms with van der Waals surface area (Å²) in [5.41, 5.74) is 1.45. The molecule has 0 amide bonds. The first-order valence-electron chi connectivity index (χ1n) is 8.74. The number of benzene rings is 1. The van der Waals surface area contributed by atoms with Gasteiger partial charge in [0.2, 0.25) is 10.0 Å². The van der Waals surface area contributed by atoms with Crippen molar-refractivity contribution in [3.63, 3.8) is 0 Å². The van der Waals surface area contributed by atoms with Crippen LogP contribution in [0.4, 0.5) is 0 Å². The fourth-order valence-electron chi connectivity index (χ4n) is 3.48. The molecule has 7 nitrogen and oxygen atoms in total. The lowest BCUT2D eigenvalue weighted by molar-refractivity contribution is -0.138. The predicted molar refractivity (Wildman–Crippen MR) is 99.1 cm³/mol. The normalized spacial score (nSPS) is 19.3. The average molecular weight is 384 g/mol. The number of ether oxygens (including phenoxy) is 1. The lowest BCUT2D eigenvalue weighted by atomic mass is 10.1. The van der Waals surface area contributed by atoms with Crippen molar-refractivity contribution in [3.8, 4) is 5.75 Å². The number of nitrogens with zero attached hydrogens (tertiary/aromatic N) is 2. The molecule has 2 rings (SSSR count). The van der Waals surface area contributed by atoms with Crippen molar-refractivity contribution in [2.75, 3.05) is 33.8 Å². The quantitative estimate of drug-likeness (QED) is 0.806. The highest BCUT2D eigenvalue weighted by Gasteiger charge is 2.30. The Morgan fingerprint density at radius 2 is 1.96 bits per heavy atom. The second kappa shape index (κ2) is 8.37. The zero-order valence-electron chi connectivity index (χ0n) is 15.9. The molecule has 0 bridgehead atoms. The van der Waals surface area contributed by atoms with Crippen LogP contribution in [0.1, 0.15) is 30.4 Å². The molecule has 146 valence electrons. The zero-order chi connectivity index (χ0) is 19.5. The molecule has 1 aromatic carbocycles. The van der Waals surface area contributed by atoms with E-state index >= 15 is 0 Å². The maximum Gasteiger partial charge on any atom is 0.317 e. The number of rotatable bonds is 6. The zero-order valence-corrected chi connectivity index (χ0v) is 16.7. The minimum Gasteiger partial charge on any atom is -0.496 e. The number of carbonyl (C=O) groups is 1. The van der Waals surface area contributed by atoms with E-state index in [1.165, 1.54) is 4.31 Å². The van der Waals surface area contributed by atoms with Crippen LogP contribution in [0.3, 0.4) is 0 Å². The minimum atomic E-state index is -3.59. The van der Waals surface area contributed by atoms with Gasteiger partial charge in [0.25, 0.3) is 0 Å².